The third kappa shape index (κ3) is 5.25. The molecule has 0 aliphatic heterocycles. The molecular weight excluding hydrogens is 468 g/mol. The van der Waals surface area contributed by atoms with Crippen molar-refractivity contribution < 1.29 is 29.3 Å². The molecule has 0 saturated heterocycles. The van der Waals surface area contributed by atoms with E-state index in [-0.39, 0.29) is 21.6 Å². The summed E-state index contributed by atoms with van der Waals surface area (Å²) in [4.78, 5) is 34.9. The molecule has 1 fully saturated rings. The van der Waals surface area contributed by atoms with Gasteiger partial charge in [0.05, 0.1) is 10.4 Å². The van der Waals surface area contributed by atoms with Crippen molar-refractivity contribution in [1.29, 1.82) is 0 Å². The second-order valence-corrected chi connectivity index (χ2v) is 9.52. The second kappa shape index (κ2) is 10.4. The van der Waals surface area contributed by atoms with Crippen molar-refractivity contribution in [1.82, 2.24) is 5.32 Å². The maximum atomic E-state index is 12.0. The Morgan fingerprint density at radius 3 is 2.52 bits per heavy atom. The Bertz CT molecular complexity index is 1050. The number of urea groups is 1. The summed E-state index contributed by atoms with van der Waals surface area (Å²) in [6.45, 7) is 1.30. The van der Waals surface area contributed by atoms with Crippen LogP contribution in [0.2, 0.25) is 5.02 Å². The van der Waals surface area contributed by atoms with Gasteiger partial charge < -0.3 is 26.0 Å². The topological polar surface area (TPSA) is 139 Å². The molecule has 8 nitrogen and oxygen atoms in total. The monoisotopic (exact) mass is 494 g/mol. The molecular formula is C23H27ClN2O6S. The molecule has 0 spiro atoms. The zero-order chi connectivity index (χ0) is 24.2. The summed E-state index contributed by atoms with van der Waals surface area (Å²) >= 11 is 7.38. The number of carboxylic acids is 2. The molecule has 0 bridgehead atoms. The van der Waals surface area contributed by atoms with E-state index in [1.807, 2.05) is 25.1 Å². The van der Waals surface area contributed by atoms with Crippen LogP contribution in [0.25, 0.3) is 10.4 Å². The summed E-state index contributed by atoms with van der Waals surface area (Å²) in [5.74, 6) is -2.46. The number of amides is 2. The van der Waals surface area contributed by atoms with Crippen molar-refractivity contribution in [3.8, 4) is 16.2 Å². The van der Waals surface area contributed by atoms with Crippen molar-refractivity contribution >= 4 is 40.9 Å². The number of aliphatic carboxylic acids is 1. The highest BCUT2D eigenvalue weighted by atomic mass is 35.5. The van der Waals surface area contributed by atoms with Crippen molar-refractivity contribution in [2.24, 2.45) is 11.7 Å². The first-order chi connectivity index (χ1) is 15.7. The van der Waals surface area contributed by atoms with Gasteiger partial charge in [0.25, 0.3) is 0 Å². The standard InChI is InChI=1S/C23H27ClN2O6S/c1-2-23(26-22(25)31,14-8-4-3-5-9-14)15-10-6-7-13(11-15)19-17(24)18(32-12-16(27)28)20(33-19)21(29)30/h6-7,10-11,14H,2-5,8-9,12H2,1H3,(H,27,28)(H,29,30)(H3,25,26,31). The molecule has 1 aromatic carbocycles. The molecule has 1 aliphatic carbocycles. The summed E-state index contributed by atoms with van der Waals surface area (Å²) in [5, 5.41) is 21.5. The zero-order valence-corrected chi connectivity index (χ0v) is 19.8. The van der Waals surface area contributed by atoms with Crippen LogP contribution < -0.4 is 15.8 Å². The van der Waals surface area contributed by atoms with Crippen LogP contribution in [0.4, 0.5) is 4.79 Å². The first-order valence-corrected chi connectivity index (χ1v) is 12.0. The molecule has 1 aromatic heterocycles. The predicted molar refractivity (Wildman–Crippen MR) is 126 cm³/mol. The number of nitrogens with two attached hydrogens (primary N) is 1. The van der Waals surface area contributed by atoms with Gasteiger partial charge in [0.15, 0.2) is 17.2 Å². The van der Waals surface area contributed by atoms with Crippen LogP contribution in [0.3, 0.4) is 0 Å². The van der Waals surface area contributed by atoms with Crippen LogP contribution in [0.15, 0.2) is 24.3 Å². The number of halogens is 1. The fourth-order valence-corrected chi connectivity index (χ4v) is 6.13. The summed E-state index contributed by atoms with van der Waals surface area (Å²) in [7, 11) is 0. The Morgan fingerprint density at radius 1 is 1.24 bits per heavy atom. The lowest BCUT2D eigenvalue weighted by atomic mass is 9.69. The smallest absolute Gasteiger partial charge is 0.349 e. The van der Waals surface area contributed by atoms with E-state index < -0.39 is 30.1 Å². The fraction of sp³-hybridized carbons (Fsp3) is 0.435. The highest BCUT2D eigenvalue weighted by Gasteiger charge is 2.40. The van der Waals surface area contributed by atoms with E-state index in [1.54, 1.807) is 6.07 Å². The Morgan fingerprint density at radius 2 is 1.94 bits per heavy atom. The number of carboxylic acid groups (broad SMARTS) is 2. The van der Waals surface area contributed by atoms with Crippen LogP contribution in [-0.2, 0) is 10.3 Å². The number of thiophene rings is 1. The number of benzene rings is 1. The number of primary amides is 1. The van der Waals surface area contributed by atoms with Crippen molar-refractivity contribution in [3.05, 3.63) is 39.7 Å². The Hall–Kier alpha value is -2.78. The van der Waals surface area contributed by atoms with Gasteiger partial charge in [-0.05, 0) is 42.4 Å². The van der Waals surface area contributed by atoms with E-state index in [1.165, 1.54) is 0 Å². The molecule has 3 rings (SSSR count). The van der Waals surface area contributed by atoms with Gasteiger partial charge in [0, 0.05) is 0 Å². The number of carbonyl (C=O) groups excluding carboxylic acids is 1. The number of rotatable bonds is 9. The van der Waals surface area contributed by atoms with Gasteiger partial charge in [-0.3, -0.25) is 0 Å². The third-order valence-corrected chi connectivity index (χ3v) is 7.87. The predicted octanol–water partition coefficient (Wildman–Crippen LogP) is 5.08. The molecule has 0 radical (unpaired) electrons. The largest absolute Gasteiger partial charge is 0.479 e. The quantitative estimate of drug-likeness (QED) is 0.383. The number of aromatic carboxylic acids is 1. The van der Waals surface area contributed by atoms with E-state index in [0.29, 0.717) is 16.9 Å². The van der Waals surface area contributed by atoms with Gasteiger partial charge in [0.1, 0.15) is 5.02 Å². The Kier molecular flexibility index (Phi) is 7.86. The maximum Gasteiger partial charge on any atom is 0.349 e. The van der Waals surface area contributed by atoms with E-state index in [0.717, 1.165) is 49.0 Å². The number of carbonyl (C=O) groups is 3. The van der Waals surface area contributed by atoms with Crippen molar-refractivity contribution in [2.75, 3.05) is 6.61 Å². The number of ether oxygens (including phenoxy) is 1. The summed E-state index contributed by atoms with van der Waals surface area (Å²) < 4.78 is 5.18. The van der Waals surface area contributed by atoms with E-state index in [2.05, 4.69) is 5.32 Å². The molecule has 2 amide bonds. The highest BCUT2D eigenvalue weighted by Crippen LogP contribution is 2.47. The van der Waals surface area contributed by atoms with E-state index in [4.69, 9.17) is 27.2 Å². The average Bonchev–Trinajstić information content (AvgIpc) is 3.13. The maximum absolute atomic E-state index is 12.0. The molecule has 1 unspecified atom stereocenters. The zero-order valence-electron chi connectivity index (χ0n) is 18.2. The minimum atomic E-state index is -1.26. The van der Waals surface area contributed by atoms with Crippen LogP contribution in [-0.4, -0.2) is 34.8 Å². The fourth-order valence-electron chi connectivity index (χ4n) is 4.73. The van der Waals surface area contributed by atoms with Gasteiger partial charge in [-0.2, -0.15) is 0 Å². The third-order valence-electron chi connectivity index (χ3n) is 6.19. The normalized spacial score (nSPS) is 16.1. The van der Waals surface area contributed by atoms with Crippen molar-refractivity contribution in [2.45, 2.75) is 51.0 Å². The van der Waals surface area contributed by atoms with Crippen molar-refractivity contribution in [3.63, 3.8) is 0 Å². The lowest BCUT2D eigenvalue weighted by Crippen LogP contribution is -2.53. The van der Waals surface area contributed by atoms with Crippen LogP contribution in [0.1, 0.15) is 60.7 Å². The molecule has 33 heavy (non-hydrogen) atoms. The first-order valence-electron chi connectivity index (χ1n) is 10.8. The minimum absolute atomic E-state index is 0.0402. The van der Waals surface area contributed by atoms with Crippen LogP contribution in [0, 0.1) is 5.92 Å². The average molecular weight is 495 g/mol. The van der Waals surface area contributed by atoms with Gasteiger partial charge in [-0.15, -0.1) is 11.3 Å². The van der Waals surface area contributed by atoms with Gasteiger partial charge in [0.2, 0.25) is 0 Å². The first kappa shape index (κ1) is 24.9. The van der Waals surface area contributed by atoms with Crippen LogP contribution >= 0.6 is 22.9 Å². The molecule has 1 heterocycles. The molecule has 2 aromatic rings. The summed E-state index contributed by atoms with van der Waals surface area (Å²) in [6, 6.07) is 6.84. The molecule has 178 valence electrons. The number of hydrogen-bond acceptors (Lipinski definition) is 5. The summed E-state index contributed by atoms with van der Waals surface area (Å²) in [5.41, 5.74) is 6.44. The SMILES string of the molecule is CCC(NC(N)=O)(c1cccc(-c2sc(C(=O)O)c(OCC(=O)O)c2Cl)c1)C1CCCCC1. The molecule has 1 saturated carbocycles. The van der Waals surface area contributed by atoms with Gasteiger partial charge in [-0.25, -0.2) is 14.4 Å². The van der Waals surface area contributed by atoms with E-state index in [9.17, 15) is 19.5 Å². The minimum Gasteiger partial charge on any atom is -0.479 e. The highest BCUT2D eigenvalue weighted by molar-refractivity contribution is 7.18. The molecule has 1 aliphatic rings. The lowest BCUT2D eigenvalue weighted by Gasteiger charge is -2.43. The van der Waals surface area contributed by atoms with Crippen LogP contribution in [0.5, 0.6) is 5.75 Å². The second-order valence-electron chi connectivity index (χ2n) is 8.12. The van der Waals surface area contributed by atoms with E-state index >= 15 is 0 Å². The molecule has 10 heteroatoms. The molecule has 1 atom stereocenters. The summed E-state index contributed by atoms with van der Waals surface area (Å²) in [6.07, 6.45) is 5.89. The number of nitrogens with one attached hydrogen (secondary N) is 1. The Balaban J connectivity index is 2.09. The number of hydrogen-bond donors (Lipinski definition) is 4. The molecule has 5 N–H and O–H groups in total. The van der Waals surface area contributed by atoms with Gasteiger partial charge in [-0.1, -0.05) is 56.0 Å². The van der Waals surface area contributed by atoms with Gasteiger partial charge >= 0.3 is 18.0 Å². The lowest BCUT2D eigenvalue weighted by molar-refractivity contribution is -0.139. The Labute approximate surface area is 200 Å².